The van der Waals surface area contributed by atoms with E-state index >= 15 is 0 Å². The van der Waals surface area contributed by atoms with Crippen LogP contribution in [0.25, 0.3) is 0 Å². The summed E-state index contributed by atoms with van der Waals surface area (Å²) in [7, 11) is 1.64. The van der Waals surface area contributed by atoms with Crippen LogP contribution in [0.1, 0.15) is 13.3 Å². The van der Waals surface area contributed by atoms with Crippen LogP contribution in [0.2, 0.25) is 0 Å². The minimum Gasteiger partial charge on any atom is -0.394 e. The van der Waals surface area contributed by atoms with E-state index in [9.17, 15) is 9.59 Å². The lowest BCUT2D eigenvalue weighted by molar-refractivity contribution is -0.137. The number of likely N-dealkylation sites (N-methyl/N-ethyl adjacent to an activating group) is 1. The fraction of sp³-hybridized carbons (Fsp3) is 0.778. The van der Waals surface area contributed by atoms with E-state index in [1.54, 1.807) is 14.0 Å². The fourth-order valence-electron chi connectivity index (χ4n) is 1.41. The molecule has 1 rings (SSSR count). The van der Waals surface area contributed by atoms with E-state index in [0.717, 1.165) is 0 Å². The van der Waals surface area contributed by atoms with Gasteiger partial charge in [0, 0.05) is 20.0 Å². The van der Waals surface area contributed by atoms with Gasteiger partial charge in [-0.25, -0.2) is 0 Å². The van der Waals surface area contributed by atoms with E-state index in [-0.39, 0.29) is 36.8 Å². The van der Waals surface area contributed by atoms with Crippen molar-refractivity contribution in [2.75, 3.05) is 20.2 Å². The Labute approximate surface area is 83.1 Å². The normalized spacial score (nSPS) is 23.1. The van der Waals surface area contributed by atoms with Crippen molar-refractivity contribution < 1.29 is 14.7 Å². The Hall–Kier alpha value is -1.10. The Bertz CT molecular complexity index is 242. The van der Waals surface area contributed by atoms with Crippen molar-refractivity contribution in [1.82, 2.24) is 10.2 Å². The molecule has 1 fully saturated rings. The van der Waals surface area contributed by atoms with Crippen molar-refractivity contribution in [3.05, 3.63) is 0 Å². The second-order valence-corrected chi connectivity index (χ2v) is 3.69. The summed E-state index contributed by atoms with van der Waals surface area (Å²) in [5.74, 6) is -0.417. The summed E-state index contributed by atoms with van der Waals surface area (Å²) in [5, 5.41) is 11.5. The van der Waals surface area contributed by atoms with Crippen LogP contribution in [0.4, 0.5) is 0 Å². The Morgan fingerprint density at radius 3 is 2.86 bits per heavy atom. The molecule has 1 saturated heterocycles. The zero-order valence-corrected chi connectivity index (χ0v) is 8.49. The largest absolute Gasteiger partial charge is 0.394 e. The molecule has 5 nitrogen and oxygen atoms in total. The number of rotatable bonds is 3. The number of carbonyl (C=O) groups excluding carboxylic acids is 2. The van der Waals surface area contributed by atoms with Crippen LogP contribution in [0.5, 0.6) is 0 Å². The highest BCUT2D eigenvalue weighted by Gasteiger charge is 2.31. The third-order valence-corrected chi connectivity index (χ3v) is 2.60. The Kier molecular flexibility index (Phi) is 3.46. The summed E-state index contributed by atoms with van der Waals surface area (Å²) in [5.41, 5.74) is 0. The smallest absolute Gasteiger partial charge is 0.228 e. The van der Waals surface area contributed by atoms with Gasteiger partial charge < -0.3 is 15.3 Å². The topological polar surface area (TPSA) is 69.6 Å². The van der Waals surface area contributed by atoms with Gasteiger partial charge in [-0.15, -0.1) is 0 Å². The molecule has 0 aliphatic carbocycles. The number of nitrogens with one attached hydrogen (secondary N) is 1. The first-order chi connectivity index (χ1) is 6.56. The number of aliphatic hydroxyl groups excluding tert-OH is 1. The van der Waals surface area contributed by atoms with Gasteiger partial charge in [0.15, 0.2) is 0 Å². The van der Waals surface area contributed by atoms with Crippen molar-refractivity contribution in [2.45, 2.75) is 19.4 Å². The monoisotopic (exact) mass is 200 g/mol. The molecule has 14 heavy (non-hydrogen) atoms. The molecule has 2 N–H and O–H groups in total. The maximum absolute atomic E-state index is 11.7. The molecule has 0 aromatic rings. The zero-order chi connectivity index (χ0) is 10.7. The summed E-state index contributed by atoms with van der Waals surface area (Å²) in [6.07, 6.45) is 0.265. The van der Waals surface area contributed by atoms with Crippen LogP contribution in [-0.2, 0) is 9.59 Å². The van der Waals surface area contributed by atoms with Gasteiger partial charge in [0.25, 0.3) is 0 Å². The maximum atomic E-state index is 11.7. The molecule has 0 aromatic carbocycles. The van der Waals surface area contributed by atoms with E-state index in [0.29, 0.717) is 6.54 Å². The Balaban J connectivity index is 2.52. The molecule has 0 radical (unpaired) electrons. The van der Waals surface area contributed by atoms with Gasteiger partial charge in [-0.05, 0) is 6.92 Å². The minimum atomic E-state index is -0.263. The minimum absolute atomic E-state index is 0.0592. The molecule has 1 heterocycles. The highest BCUT2D eigenvalue weighted by molar-refractivity contribution is 5.89. The standard InChI is InChI=1S/C9H16N2O3/c1-6(5-12)11(2)9(14)7-3-8(13)10-4-7/h6-7,12H,3-5H2,1-2H3,(H,10,13). The van der Waals surface area contributed by atoms with Gasteiger partial charge >= 0.3 is 0 Å². The first-order valence-corrected chi connectivity index (χ1v) is 4.70. The van der Waals surface area contributed by atoms with Crippen LogP contribution in [0.15, 0.2) is 0 Å². The highest BCUT2D eigenvalue weighted by Crippen LogP contribution is 2.13. The van der Waals surface area contributed by atoms with Crippen LogP contribution in [-0.4, -0.2) is 48.1 Å². The second-order valence-electron chi connectivity index (χ2n) is 3.69. The number of aliphatic hydroxyl groups is 1. The molecule has 1 aliphatic heterocycles. The molecule has 2 atom stereocenters. The van der Waals surface area contributed by atoms with E-state index < -0.39 is 0 Å². The first-order valence-electron chi connectivity index (χ1n) is 4.70. The quantitative estimate of drug-likeness (QED) is 0.611. The zero-order valence-electron chi connectivity index (χ0n) is 8.49. The van der Waals surface area contributed by atoms with Gasteiger partial charge in [-0.2, -0.15) is 0 Å². The number of nitrogens with zero attached hydrogens (tertiary/aromatic N) is 1. The van der Waals surface area contributed by atoms with E-state index in [1.165, 1.54) is 4.90 Å². The predicted molar refractivity (Wildman–Crippen MR) is 50.4 cm³/mol. The third kappa shape index (κ3) is 2.23. The van der Waals surface area contributed by atoms with E-state index in [4.69, 9.17) is 5.11 Å². The average molecular weight is 200 g/mol. The van der Waals surface area contributed by atoms with Crippen LogP contribution in [0, 0.1) is 5.92 Å². The molecule has 0 spiro atoms. The van der Waals surface area contributed by atoms with Crippen LogP contribution >= 0.6 is 0 Å². The molecule has 2 unspecified atom stereocenters. The summed E-state index contributed by atoms with van der Waals surface area (Å²) in [4.78, 5) is 24.1. The molecule has 0 aromatic heterocycles. The summed E-state index contributed by atoms with van der Waals surface area (Å²) < 4.78 is 0. The molecule has 80 valence electrons. The van der Waals surface area contributed by atoms with Gasteiger partial charge in [0.05, 0.1) is 18.6 Å². The summed E-state index contributed by atoms with van der Waals surface area (Å²) >= 11 is 0. The van der Waals surface area contributed by atoms with Crippen molar-refractivity contribution in [3.63, 3.8) is 0 Å². The number of amides is 2. The van der Waals surface area contributed by atoms with Gasteiger partial charge in [0.1, 0.15) is 0 Å². The molecule has 0 bridgehead atoms. The van der Waals surface area contributed by atoms with Crippen molar-refractivity contribution in [2.24, 2.45) is 5.92 Å². The van der Waals surface area contributed by atoms with Crippen molar-refractivity contribution >= 4 is 11.8 Å². The summed E-state index contributed by atoms with van der Waals surface area (Å²) in [6.45, 7) is 2.12. The number of hydrogen-bond donors (Lipinski definition) is 2. The second kappa shape index (κ2) is 4.41. The Morgan fingerprint density at radius 2 is 2.43 bits per heavy atom. The fourth-order valence-corrected chi connectivity index (χ4v) is 1.41. The lowest BCUT2D eigenvalue weighted by atomic mass is 10.1. The number of hydrogen-bond acceptors (Lipinski definition) is 3. The lowest BCUT2D eigenvalue weighted by Crippen LogP contribution is -2.41. The highest BCUT2D eigenvalue weighted by atomic mass is 16.3. The van der Waals surface area contributed by atoms with Gasteiger partial charge in [-0.3, -0.25) is 9.59 Å². The molecule has 0 saturated carbocycles. The van der Waals surface area contributed by atoms with Crippen molar-refractivity contribution in [1.29, 1.82) is 0 Å². The number of carbonyl (C=O) groups is 2. The van der Waals surface area contributed by atoms with Crippen LogP contribution in [0.3, 0.4) is 0 Å². The average Bonchev–Trinajstić information content (AvgIpc) is 2.61. The summed E-state index contributed by atoms with van der Waals surface area (Å²) in [6, 6.07) is -0.196. The molecule has 1 aliphatic rings. The third-order valence-electron chi connectivity index (χ3n) is 2.60. The lowest BCUT2D eigenvalue weighted by Gasteiger charge is -2.25. The Morgan fingerprint density at radius 1 is 1.79 bits per heavy atom. The SMILES string of the molecule is CC(CO)N(C)C(=O)C1CNC(=O)C1. The molecular formula is C9H16N2O3. The van der Waals surface area contributed by atoms with Crippen molar-refractivity contribution in [3.8, 4) is 0 Å². The maximum Gasteiger partial charge on any atom is 0.228 e. The molecular weight excluding hydrogens is 184 g/mol. The van der Waals surface area contributed by atoms with Gasteiger partial charge in [0.2, 0.25) is 11.8 Å². The molecule has 2 amide bonds. The first kappa shape index (κ1) is 11.0. The van der Waals surface area contributed by atoms with E-state index in [2.05, 4.69) is 5.32 Å². The molecule has 5 heteroatoms. The van der Waals surface area contributed by atoms with E-state index in [1.807, 2.05) is 0 Å². The van der Waals surface area contributed by atoms with Gasteiger partial charge in [-0.1, -0.05) is 0 Å². The predicted octanol–water partition coefficient (Wildman–Crippen LogP) is -1.04. The van der Waals surface area contributed by atoms with Crippen LogP contribution < -0.4 is 5.32 Å².